The van der Waals surface area contributed by atoms with Crippen molar-refractivity contribution in [1.82, 2.24) is 15.2 Å². The van der Waals surface area contributed by atoms with Gasteiger partial charge in [0.2, 0.25) is 0 Å². The largest absolute Gasteiger partial charge is 0.313 e. The molecule has 0 saturated heterocycles. The number of hydrogen-bond acceptors (Lipinski definition) is 4. The summed E-state index contributed by atoms with van der Waals surface area (Å²) in [6.07, 6.45) is 1.15. The first-order valence-electron chi connectivity index (χ1n) is 6.70. The van der Waals surface area contributed by atoms with Gasteiger partial charge < -0.3 is 5.32 Å². The lowest BCUT2D eigenvalue weighted by Gasteiger charge is -2.27. The highest BCUT2D eigenvalue weighted by molar-refractivity contribution is 7.07. The van der Waals surface area contributed by atoms with Gasteiger partial charge in [-0.15, -0.1) is 11.3 Å². The number of rotatable bonds is 3. The standard InChI is InChI=1S/C15H19N3S/c1-18(9-13-10-19-11-17-13)15-6-7-16-8-12-4-2-3-5-14(12)15/h2-5,10-11,15-16H,6-9H2,1H3. The Kier molecular flexibility index (Phi) is 3.92. The van der Waals surface area contributed by atoms with Crippen molar-refractivity contribution in [3.8, 4) is 0 Å². The van der Waals surface area contributed by atoms with E-state index in [0.29, 0.717) is 6.04 Å². The molecule has 0 radical (unpaired) electrons. The fourth-order valence-corrected chi connectivity index (χ4v) is 3.33. The Morgan fingerprint density at radius 2 is 2.32 bits per heavy atom. The van der Waals surface area contributed by atoms with Gasteiger partial charge in [-0.3, -0.25) is 4.90 Å². The second kappa shape index (κ2) is 5.82. The summed E-state index contributed by atoms with van der Waals surface area (Å²) in [6, 6.07) is 9.26. The van der Waals surface area contributed by atoms with Gasteiger partial charge in [0.1, 0.15) is 0 Å². The maximum Gasteiger partial charge on any atom is 0.0795 e. The van der Waals surface area contributed by atoms with Gasteiger partial charge in [0, 0.05) is 24.5 Å². The van der Waals surface area contributed by atoms with E-state index in [2.05, 4.69) is 51.9 Å². The van der Waals surface area contributed by atoms with Crippen molar-refractivity contribution in [3.05, 3.63) is 52.0 Å². The molecule has 1 atom stereocenters. The SMILES string of the molecule is CN(Cc1cscn1)C1CCNCc2ccccc21. The van der Waals surface area contributed by atoms with E-state index < -0.39 is 0 Å². The van der Waals surface area contributed by atoms with Gasteiger partial charge in [-0.05, 0) is 31.1 Å². The fraction of sp³-hybridized carbons (Fsp3) is 0.400. The highest BCUT2D eigenvalue weighted by Gasteiger charge is 2.22. The smallest absolute Gasteiger partial charge is 0.0795 e. The van der Waals surface area contributed by atoms with E-state index in [1.807, 2.05) is 5.51 Å². The second-order valence-electron chi connectivity index (χ2n) is 5.07. The number of aromatic nitrogens is 1. The van der Waals surface area contributed by atoms with Gasteiger partial charge in [0.15, 0.2) is 0 Å². The molecule has 1 aliphatic heterocycles. The van der Waals surface area contributed by atoms with E-state index in [4.69, 9.17) is 0 Å². The summed E-state index contributed by atoms with van der Waals surface area (Å²) in [5.41, 5.74) is 5.97. The van der Waals surface area contributed by atoms with Crippen LogP contribution in [0.2, 0.25) is 0 Å². The zero-order valence-electron chi connectivity index (χ0n) is 11.2. The predicted octanol–water partition coefficient (Wildman–Crippen LogP) is 2.81. The third kappa shape index (κ3) is 2.86. The molecular formula is C15H19N3S. The molecular weight excluding hydrogens is 254 g/mol. The van der Waals surface area contributed by atoms with Crippen LogP contribution in [0.5, 0.6) is 0 Å². The van der Waals surface area contributed by atoms with Gasteiger partial charge in [-0.2, -0.15) is 0 Å². The zero-order chi connectivity index (χ0) is 13.1. The lowest BCUT2D eigenvalue weighted by Crippen LogP contribution is -2.25. The molecule has 1 N–H and O–H groups in total. The third-order valence-corrected chi connectivity index (χ3v) is 4.39. The molecule has 4 heteroatoms. The quantitative estimate of drug-likeness (QED) is 0.932. The maximum atomic E-state index is 4.39. The Morgan fingerprint density at radius 3 is 3.16 bits per heavy atom. The van der Waals surface area contributed by atoms with Crippen LogP contribution in [0.15, 0.2) is 35.2 Å². The van der Waals surface area contributed by atoms with Crippen molar-refractivity contribution >= 4 is 11.3 Å². The molecule has 0 amide bonds. The molecule has 19 heavy (non-hydrogen) atoms. The number of fused-ring (bicyclic) bond motifs is 1. The van der Waals surface area contributed by atoms with E-state index in [9.17, 15) is 0 Å². The summed E-state index contributed by atoms with van der Waals surface area (Å²) in [4.78, 5) is 6.81. The Hall–Kier alpha value is -1.23. The minimum atomic E-state index is 0.480. The summed E-state index contributed by atoms with van der Waals surface area (Å²) < 4.78 is 0. The Balaban J connectivity index is 1.83. The number of nitrogens with zero attached hydrogens (tertiary/aromatic N) is 2. The van der Waals surface area contributed by atoms with Crippen LogP contribution in [-0.2, 0) is 13.1 Å². The van der Waals surface area contributed by atoms with E-state index in [0.717, 1.165) is 26.1 Å². The molecule has 2 aromatic rings. The Bertz CT molecular complexity index is 524. The minimum Gasteiger partial charge on any atom is -0.313 e. The van der Waals surface area contributed by atoms with Crippen molar-refractivity contribution in [2.45, 2.75) is 25.6 Å². The predicted molar refractivity (Wildman–Crippen MR) is 79.1 cm³/mol. The molecule has 0 aliphatic carbocycles. The molecule has 0 fully saturated rings. The van der Waals surface area contributed by atoms with Gasteiger partial charge in [0.25, 0.3) is 0 Å². The highest BCUT2D eigenvalue weighted by atomic mass is 32.1. The third-order valence-electron chi connectivity index (χ3n) is 3.75. The van der Waals surface area contributed by atoms with Crippen LogP contribution in [0.1, 0.15) is 29.3 Å². The first-order valence-corrected chi connectivity index (χ1v) is 7.64. The molecule has 2 heterocycles. The van der Waals surface area contributed by atoms with Crippen LogP contribution < -0.4 is 5.32 Å². The molecule has 1 aromatic heterocycles. The van der Waals surface area contributed by atoms with Crippen molar-refractivity contribution in [1.29, 1.82) is 0 Å². The van der Waals surface area contributed by atoms with Gasteiger partial charge >= 0.3 is 0 Å². The van der Waals surface area contributed by atoms with Crippen molar-refractivity contribution in [2.75, 3.05) is 13.6 Å². The molecule has 0 saturated carbocycles. The summed E-state index contributed by atoms with van der Waals surface area (Å²) in [5.74, 6) is 0. The minimum absolute atomic E-state index is 0.480. The van der Waals surface area contributed by atoms with Crippen molar-refractivity contribution in [3.63, 3.8) is 0 Å². The monoisotopic (exact) mass is 273 g/mol. The molecule has 0 spiro atoms. The molecule has 100 valence electrons. The fourth-order valence-electron chi connectivity index (χ4n) is 2.78. The Morgan fingerprint density at radius 1 is 1.42 bits per heavy atom. The lowest BCUT2D eigenvalue weighted by molar-refractivity contribution is 0.224. The van der Waals surface area contributed by atoms with Crippen LogP contribution in [-0.4, -0.2) is 23.5 Å². The maximum absolute atomic E-state index is 4.39. The molecule has 1 aliphatic rings. The van der Waals surface area contributed by atoms with Crippen LogP contribution in [0.3, 0.4) is 0 Å². The summed E-state index contributed by atoms with van der Waals surface area (Å²) >= 11 is 1.67. The summed E-state index contributed by atoms with van der Waals surface area (Å²) in [5, 5.41) is 5.64. The second-order valence-corrected chi connectivity index (χ2v) is 5.79. The van der Waals surface area contributed by atoms with Crippen molar-refractivity contribution in [2.24, 2.45) is 0 Å². The van der Waals surface area contributed by atoms with Crippen LogP contribution >= 0.6 is 11.3 Å². The number of benzene rings is 1. The number of nitrogens with one attached hydrogen (secondary N) is 1. The summed E-state index contributed by atoms with van der Waals surface area (Å²) in [6.45, 7) is 2.97. The van der Waals surface area contributed by atoms with Gasteiger partial charge in [-0.25, -0.2) is 4.98 Å². The molecule has 3 nitrogen and oxygen atoms in total. The van der Waals surface area contributed by atoms with Crippen LogP contribution in [0.25, 0.3) is 0 Å². The average Bonchev–Trinajstić information content (AvgIpc) is 2.83. The van der Waals surface area contributed by atoms with Gasteiger partial charge in [-0.1, -0.05) is 24.3 Å². The van der Waals surface area contributed by atoms with E-state index in [1.54, 1.807) is 11.3 Å². The van der Waals surface area contributed by atoms with Gasteiger partial charge in [0.05, 0.1) is 11.2 Å². The zero-order valence-corrected chi connectivity index (χ0v) is 12.0. The number of hydrogen-bond donors (Lipinski definition) is 1. The molecule has 1 aromatic carbocycles. The van der Waals surface area contributed by atoms with Crippen LogP contribution in [0, 0.1) is 0 Å². The molecule has 1 unspecified atom stereocenters. The lowest BCUT2D eigenvalue weighted by atomic mass is 9.98. The number of thiazole rings is 1. The first kappa shape index (κ1) is 12.8. The summed E-state index contributed by atoms with van der Waals surface area (Å²) in [7, 11) is 2.20. The normalized spacial score (nSPS) is 19.2. The van der Waals surface area contributed by atoms with Crippen molar-refractivity contribution < 1.29 is 0 Å². The molecule has 3 rings (SSSR count). The topological polar surface area (TPSA) is 28.2 Å². The average molecular weight is 273 g/mol. The molecule has 0 bridgehead atoms. The van der Waals surface area contributed by atoms with E-state index in [-0.39, 0.29) is 0 Å². The van der Waals surface area contributed by atoms with E-state index >= 15 is 0 Å². The van der Waals surface area contributed by atoms with E-state index in [1.165, 1.54) is 16.8 Å². The van der Waals surface area contributed by atoms with Crippen LogP contribution in [0.4, 0.5) is 0 Å². The first-order chi connectivity index (χ1) is 9.34. The highest BCUT2D eigenvalue weighted by Crippen LogP contribution is 2.29. The Labute approximate surface area is 118 Å².